The number of hydrogen-bond acceptors (Lipinski definition) is 4. The van der Waals surface area contributed by atoms with Gasteiger partial charge in [-0.25, -0.2) is 9.18 Å². The summed E-state index contributed by atoms with van der Waals surface area (Å²) in [5, 5.41) is 9.65. The standard InChI is InChI=1S/C14H17FN2O4/c1-2-21-14(20)17-7-5-16(6-8-17)13(19)11-9-10(15)3-4-12(11)18/h3-4,9,18H,2,5-8H2,1H3. The number of phenols is 1. The molecule has 114 valence electrons. The van der Waals surface area contributed by atoms with Crippen molar-refractivity contribution in [2.75, 3.05) is 32.8 Å². The first kappa shape index (κ1) is 15.1. The first-order chi connectivity index (χ1) is 10.0. The highest BCUT2D eigenvalue weighted by Crippen LogP contribution is 2.20. The second kappa shape index (κ2) is 6.43. The molecule has 6 nitrogen and oxygen atoms in total. The molecule has 0 unspecified atom stereocenters. The van der Waals surface area contributed by atoms with Gasteiger partial charge in [0.05, 0.1) is 12.2 Å². The molecule has 1 aliphatic heterocycles. The zero-order valence-electron chi connectivity index (χ0n) is 11.7. The predicted octanol–water partition coefficient (Wildman–Crippen LogP) is 1.45. The molecule has 7 heteroatoms. The molecule has 0 saturated carbocycles. The number of piperazine rings is 1. The zero-order valence-corrected chi connectivity index (χ0v) is 11.7. The summed E-state index contributed by atoms with van der Waals surface area (Å²) in [6.45, 7) is 3.35. The number of aromatic hydroxyl groups is 1. The van der Waals surface area contributed by atoms with Crippen LogP contribution >= 0.6 is 0 Å². The van der Waals surface area contributed by atoms with Crippen LogP contribution in [0.1, 0.15) is 17.3 Å². The van der Waals surface area contributed by atoms with E-state index >= 15 is 0 Å². The molecule has 1 saturated heterocycles. The van der Waals surface area contributed by atoms with E-state index < -0.39 is 17.8 Å². The second-order valence-corrected chi connectivity index (χ2v) is 4.64. The molecule has 1 aliphatic rings. The highest BCUT2D eigenvalue weighted by molar-refractivity contribution is 5.97. The SMILES string of the molecule is CCOC(=O)N1CCN(C(=O)c2cc(F)ccc2O)CC1. The fourth-order valence-corrected chi connectivity index (χ4v) is 2.16. The maximum absolute atomic E-state index is 13.2. The second-order valence-electron chi connectivity index (χ2n) is 4.64. The van der Waals surface area contributed by atoms with E-state index in [1.807, 2.05) is 0 Å². The lowest BCUT2D eigenvalue weighted by molar-refractivity contribution is 0.0567. The van der Waals surface area contributed by atoms with Crippen molar-refractivity contribution in [1.29, 1.82) is 0 Å². The number of amides is 2. The normalized spacial score (nSPS) is 15.0. The number of halogens is 1. The van der Waals surface area contributed by atoms with Crippen molar-refractivity contribution in [1.82, 2.24) is 9.80 Å². The van der Waals surface area contributed by atoms with E-state index in [1.54, 1.807) is 6.92 Å². The third kappa shape index (κ3) is 3.42. The molecule has 1 aromatic rings. The Morgan fingerprint density at radius 2 is 1.86 bits per heavy atom. The Bertz CT molecular complexity index is 542. The van der Waals surface area contributed by atoms with Gasteiger partial charge in [-0.1, -0.05) is 0 Å². The van der Waals surface area contributed by atoms with Crippen LogP contribution in [-0.4, -0.2) is 59.7 Å². The number of hydrogen-bond donors (Lipinski definition) is 1. The van der Waals surface area contributed by atoms with E-state index in [4.69, 9.17) is 4.74 Å². The maximum atomic E-state index is 13.2. The molecule has 2 amide bonds. The van der Waals surface area contributed by atoms with Gasteiger partial charge in [-0.15, -0.1) is 0 Å². The summed E-state index contributed by atoms with van der Waals surface area (Å²) in [7, 11) is 0. The number of rotatable bonds is 2. The molecule has 21 heavy (non-hydrogen) atoms. The Balaban J connectivity index is 2.00. The molecular weight excluding hydrogens is 279 g/mol. The molecule has 1 fully saturated rings. The number of nitrogens with zero attached hydrogens (tertiary/aromatic N) is 2. The summed E-state index contributed by atoms with van der Waals surface area (Å²) in [5.41, 5.74) is -0.0698. The summed E-state index contributed by atoms with van der Waals surface area (Å²) in [6, 6.07) is 3.25. The molecule has 2 rings (SSSR count). The predicted molar refractivity (Wildman–Crippen MR) is 72.6 cm³/mol. The summed E-state index contributed by atoms with van der Waals surface area (Å²) in [4.78, 5) is 26.8. The molecule has 1 N–H and O–H groups in total. The van der Waals surface area contributed by atoms with Crippen LogP contribution in [0.15, 0.2) is 18.2 Å². The van der Waals surface area contributed by atoms with Crippen LogP contribution in [0.3, 0.4) is 0 Å². The Morgan fingerprint density at radius 1 is 1.24 bits per heavy atom. The van der Waals surface area contributed by atoms with Gasteiger partial charge in [0, 0.05) is 26.2 Å². The summed E-state index contributed by atoms with van der Waals surface area (Å²) in [5.74, 6) is -1.29. The van der Waals surface area contributed by atoms with Gasteiger partial charge in [0.25, 0.3) is 5.91 Å². The van der Waals surface area contributed by atoms with E-state index in [0.717, 1.165) is 18.2 Å². The van der Waals surface area contributed by atoms with Crippen LogP contribution in [0.25, 0.3) is 0 Å². The minimum atomic E-state index is -0.582. The molecule has 0 aliphatic carbocycles. The van der Waals surface area contributed by atoms with Crippen molar-refractivity contribution < 1.29 is 23.8 Å². The first-order valence-corrected chi connectivity index (χ1v) is 6.72. The average Bonchev–Trinajstić information content (AvgIpc) is 2.49. The van der Waals surface area contributed by atoms with E-state index in [-0.39, 0.29) is 11.3 Å². The van der Waals surface area contributed by atoms with Crippen LogP contribution in [0.2, 0.25) is 0 Å². The van der Waals surface area contributed by atoms with Crippen molar-refractivity contribution in [2.45, 2.75) is 6.92 Å². The van der Waals surface area contributed by atoms with E-state index in [1.165, 1.54) is 9.80 Å². The molecule has 0 atom stereocenters. The monoisotopic (exact) mass is 296 g/mol. The maximum Gasteiger partial charge on any atom is 0.409 e. The van der Waals surface area contributed by atoms with E-state index in [2.05, 4.69) is 0 Å². The minimum Gasteiger partial charge on any atom is -0.507 e. The molecule has 0 spiro atoms. The quantitative estimate of drug-likeness (QED) is 0.896. The molecule has 0 radical (unpaired) electrons. The third-order valence-corrected chi connectivity index (χ3v) is 3.28. The Labute approximate surface area is 121 Å². The number of carbonyl (C=O) groups is 2. The van der Waals surface area contributed by atoms with Crippen LogP contribution in [0.5, 0.6) is 5.75 Å². The van der Waals surface area contributed by atoms with Gasteiger partial charge in [-0.2, -0.15) is 0 Å². The van der Waals surface area contributed by atoms with E-state index in [9.17, 15) is 19.1 Å². The largest absolute Gasteiger partial charge is 0.507 e. The van der Waals surface area contributed by atoms with Crippen molar-refractivity contribution >= 4 is 12.0 Å². The summed E-state index contributed by atoms with van der Waals surface area (Å²) in [6.07, 6.45) is -0.404. The number of carbonyl (C=O) groups excluding carboxylic acids is 2. The topological polar surface area (TPSA) is 70.1 Å². The van der Waals surface area contributed by atoms with Gasteiger partial charge < -0.3 is 19.6 Å². The lowest BCUT2D eigenvalue weighted by atomic mass is 10.1. The first-order valence-electron chi connectivity index (χ1n) is 6.72. The van der Waals surface area contributed by atoms with Gasteiger partial charge in [-0.05, 0) is 25.1 Å². The molecule has 1 aromatic carbocycles. The lowest BCUT2D eigenvalue weighted by Gasteiger charge is -2.34. The number of ether oxygens (including phenoxy) is 1. The molecule has 1 heterocycles. The van der Waals surface area contributed by atoms with Crippen LogP contribution in [0, 0.1) is 5.82 Å². The molecule has 0 bridgehead atoms. The van der Waals surface area contributed by atoms with Crippen molar-refractivity contribution in [2.24, 2.45) is 0 Å². The van der Waals surface area contributed by atoms with Crippen molar-refractivity contribution in [3.63, 3.8) is 0 Å². The van der Waals surface area contributed by atoms with Crippen LogP contribution < -0.4 is 0 Å². The third-order valence-electron chi connectivity index (χ3n) is 3.28. The fraction of sp³-hybridized carbons (Fsp3) is 0.429. The number of benzene rings is 1. The smallest absolute Gasteiger partial charge is 0.409 e. The number of phenolic OH excluding ortho intramolecular Hbond substituents is 1. The Morgan fingerprint density at radius 3 is 2.48 bits per heavy atom. The Kier molecular flexibility index (Phi) is 4.62. The van der Waals surface area contributed by atoms with Gasteiger partial charge >= 0.3 is 6.09 Å². The van der Waals surface area contributed by atoms with Crippen molar-refractivity contribution in [3.8, 4) is 5.75 Å². The zero-order chi connectivity index (χ0) is 15.4. The van der Waals surface area contributed by atoms with Gasteiger partial charge in [-0.3, -0.25) is 4.79 Å². The van der Waals surface area contributed by atoms with Crippen molar-refractivity contribution in [3.05, 3.63) is 29.6 Å². The van der Waals surface area contributed by atoms with E-state index in [0.29, 0.717) is 32.8 Å². The highest BCUT2D eigenvalue weighted by atomic mass is 19.1. The molecule has 0 aromatic heterocycles. The lowest BCUT2D eigenvalue weighted by Crippen LogP contribution is -2.50. The average molecular weight is 296 g/mol. The van der Waals surface area contributed by atoms with Gasteiger partial charge in [0.15, 0.2) is 0 Å². The van der Waals surface area contributed by atoms with Gasteiger partial charge in [0.2, 0.25) is 0 Å². The Hall–Kier alpha value is -2.31. The van der Waals surface area contributed by atoms with Crippen LogP contribution in [0.4, 0.5) is 9.18 Å². The minimum absolute atomic E-state index is 0.0698. The fourth-order valence-electron chi connectivity index (χ4n) is 2.16. The summed E-state index contributed by atoms with van der Waals surface area (Å²) < 4.78 is 18.1. The van der Waals surface area contributed by atoms with Crippen LogP contribution in [-0.2, 0) is 4.74 Å². The van der Waals surface area contributed by atoms with Gasteiger partial charge in [0.1, 0.15) is 11.6 Å². The highest BCUT2D eigenvalue weighted by Gasteiger charge is 2.26. The summed E-state index contributed by atoms with van der Waals surface area (Å²) >= 11 is 0. The molecular formula is C14H17FN2O4.